The molecule has 0 bridgehead atoms. The molecular formula is C13H22ClN3. The highest BCUT2D eigenvalue weighted by Gasteiger charge is 2.23. The van der Waals surface area contributed by atoms with E-state index >= 15 is 0 Å². The highest BCUT2D eigenvalue weighted by atomic mass is 35.5. The van der Waals surface area contributed by atoms with Crippen LogP contribution in [0.3, 0.4) is 0 Å². The van der Waals surface area contributed by atoms with Crippen molar-refractivity contribution >= 4 is 11.6 Å². The molecule has 17 heavy (non-hydrogen) atoms. The van der Waals surface area contributed by atoms with E-state index in [0.717, 1.165) is 29.2 Å². The second-order valence-electron chi connectivity index (χ2n) is 5.62. The average molecular weight is 256 g/mol. The molecule has 0 aliphatic carbocycles. The molecule has 1 fully saturated rings. The molecule has 0 aromatic carbocycles. The summed E-state index contributed by atoms with van der Waals surface area (Å²) in [4.78, 5) is 2.51. The maximum atomic E-state index is 6.28. The maximum absolute atomic E-state index is 6.28. The first-order chi connectivity index (χ1) is 7.97. The Labute approximate surface area is 109 Å². The largest absolute Gasteiger partial charge is 0.298 e. The molecule has 0 radical (unpaired) electrons. The van der Waals surface area contributed by atoms with Gasteiger partial charge in [-0.05, 0) is 25.2 Å². The van der Waals surface area contributed by atoms with E-state index in [4.69, 9.17) is 11.6 Å². The van der Waals surface area contributed by atoms with Crippen molar-refractivity contribution in [2.45, 2.75) is 33.7 Å². The quantitative estimate of drug-likeness (QED) is 0.810. The predicted molar refractivity (Wildman–Crippen MR) is 71.2 cm³/mol. The minimum atomic E-state index is 0.786. The van der Waals surface area contributed by atoms with Crippen LogP contribution in [0.25, 0.3) is 0 Å². The molecule has 1 aliphatic heterocycles. The van der Waals surface area contributed by atoms with Crippen LogP contribution in [0.5, 0.6) is 0 Å². The molecular weight excluding hydrogens is 234 g/mol. The van der Waals surface area contributed by atoms with Gasteiger partial charge in [0, 0.05) is 32.2 Å². The Morgan fingerprint density at radius 2 is 1.88 bits per heavy atom. The van der Waals surface area contributed by atoms with Crippen molar-refractivity contribution in [2.75, 3.05) is 13.1 Å². The van der Waals surface area contributed by atoms with Gasteiger partial charge in [-0.3, -0.25) is 9.58 Å². The Morgan fingerprint density at radius 3 is 2.35 bits per heavy atom. The van der Waals surface area contributed by atoms with Crippen molar-refractivity contribution < 1.29 is 0 Å². The molecule has 1 saturated heterocycles. The van der Waals surface area contributed by atoms with Crippen LogP contribution in [-0.4, -0.2) is 27.8 Å². The second kappa shape index (κ2) is 4.99. The van der Waals surface area contributed by atoms with Gasteiger partial charge in [0.1, 0.15) is 5.15 Å². The lowest BCUT2D eigenvalue weighted by atomic mass is 9.91. The molecule has 2 unspecified atom stereocenters. The summed E-state index contributed by atoms with van der Waals surface area (Å²) >= 11 is 6.28. The number of aryl methyl sites for hydroxylation is 2. The van der Waals surface area contributed by atoms with Gasteiger partial charge in [0.15, 0.2) is 0 Å². The van der Waals surface area contributed by atoms with Gasteiger partial charge in [0.25, 0.3) is 0 Å². The van der Waals surface area contributed by atoms with E-state index in [1.807, 2.05) is 14.0 Å². The van der Waals surface area contributed by atoms with Crippen molar-refractivity contribution in [3.63, 3.8) is 0 Å². The van der Waals surface area contributed by atoms with Gasteiger partial charge in [-0.1, -0.05) is 25.4 Å². The van der Waals surface area contributed by atoms with E-state index in [9.17, 15) is 0 Å². The lowest BCUT2D eigenvalue weighted by Gasteiger charge is -2.34. The van der Waals surface area contributed by atoms with Crippen molar-refractivity contribution in [3.8, 4) is 0 Å². The van der Waals surface area contributed by atoms with Gasteiger partial charge in [0.2, 0.25) is 0 Å². The third-order valence-corrected chi connectivity index (χ3v) is 4.07. The summed E-state index contributed by atoms with van der Waals surface area (Å²) in [6.45, 7) is 10.00. The Hall–Kier alpha value is -0.540. The molecule has 2 heterocycles. The van der Waals surface area contributed by atoms with E-state index < -0.39 is 0 Å². The first-order valence-corrected chi connectivity index (χ1v) is 6.75. The molecule has 0 N–H and O–H groups in total. The van der Waals surface area contributed by atoms with Crippen molar-refractivity contribution in [2.24, 2.45) is 18.9 Å². The minimum Gasteiger partial charge on any atom is -0.298 e. The molecule has 3 nitrogen and oxygen atoms in total. The number of hydrogen-bond acceptors (Lipinski definition) is 2. The van der Waals surface area contributed by atoms with Crippen LogP contribution in [0.15, 0.2) is 0 Å². The zero-order valence-corrected chi connectivity index (χ0v) is 12.0. The van der Waals surface area contributed by atoms with Crippen molar-refractivity contribution in [1.82, 2.24) is 14.7 Å². The third-order valence-electron chi connectivity index (χ3n) is 3.60. The molecule has 0 spiro atoms. The number of hydrogen-bond donors (Lipinski definition) is 0. The fourth-order valence-electron chi connectivity index (χ4n) is 3.00. The molecule has 2 rings (SSSR count). The molecule has 1 aromatic rings. The smallest absolute Gasteiger partial charge is 0.131 e. The average Bonchev–Trinajstić information content (AvgIpc) is 2.44. The van der Waals surface area contributed by atoms with Gasteiger partial charge in [-0.15, -0.1) is 0 Å². The molecule has 0 saturated carbocycles. The lowest BCUT2D eigenvalue weighted by Crippen LogP contribution is -2.38. The number of halogens is 1. The van der Waals surface area contributed by atoms with E-state index in [0.29, 0.717) is 0 Å². The normalized spacial score (nSPS) is 26.4. The Kier molecular flexibility index (Phi) is 3.79. The van der Waals surface area contributed by atoms with Gasteiger partial charge < -0.3 is 0 Å². The van der Waals surface area contributed by atoms with Crippen LogP contribution >= 0.6 is 11.6 Å². The van der Waals surface area contributed by atoms with Crippen LogP contribution < -0.4 is 0 Å². The second-order valence-corrected chi connectivity index (χ2v) is 5.98. The summed E-state index contributed by atoms with van der Waals surface area (Å²) < 4.78 is 1.77. The summed E-state index contributed by atoms with van der Waals surface area (Å²) in [5, 5.41) is 5.16. The summed E-state index contributed by atoms with van der Waals surface area (Å²) in [6.07, 6.45) is 1.34. The number of nitrogens with zero attached hydrogens (tertiary/aromatic N) is 3. The van der Waals surface area contributed by atoms with Crippen molar-refractivity contribution in [1.29, 1.82) is 0 Å². The molecule has 1 aliphatic rings. The number of likely N-dealkylation sites (tertiary alicyclic amines) is 1. The summed E-state index contributed by atoms with van der Waals surface area (Å²) in [6, 6.07) is 0. The van der Waals surface area contributed by atoms with Gasteiger partial charge in [-0.25, -0.2) is 0 Å². The third kappa shape index (κ3) is 2.83. The van der Waals surface area contributed by atoms with E-state index in [1.165, 1.54) is 25.1 Å². The molecule has 2 atom stereocenters. The predicted octanol–water partition coefficient (Wildman–Crippen LogP) is 2.86. The SMILES string of the molecule is Cc1nn(C)c(Cl)c1CN1CC(C)CC(C)C1. The maximum Gasteiger partial charge on any atom is 0.131 e. The monoisotopic (exact) mass is 255 g/mol. The Bertz CT molecular complexity index is 390. The molecule has 96 valence electrons. The van der Waals surface area contributed by atoms with E-state index in [1.54, 1.807) is 4.68 Å². The van der Waals surface area contributed by atoms with Crippen LogP contribution in [-0.2, 0) is 13.6 Å². The number of piperidine rings is 1. The molecule has 0 amide bonds. The van der Waals surface area contributed by atoms with Crippen molar-refractivity contribution in [3.05, 3.63) is 16.4 Å². The lowest BCUT2D eigenvalue weighted by molar-refractivity contribution is 0.134. The van der Waals surface area contributed by atoms with Gasteiger partial charge in [0.05, 0.1) is 5.69 Å². The Balaban J connectivity index is 2.10. The molecule has 1 aromatic heterocycles. The van der Waals surface area contributed by atoms with E-state index in [2.05, 4.69) is 23.8 Å². The van der Waals surface area contributed by atoms with E-state index in [-0.39, 0.29) is 0 Å². The minimum absolute atomic E-state index is 0.786. The first-order valence-electron chi connectivity index (χ1n) is 6.37. The topological polar surface area (TPSA) is 21.1 Å². The van der Waals surface area contributed by atoms with Crippen LogP contribution in [0.4, 0.5) is 0 Å². The fourth-order valence-corrected chi connectivity index (χ4v) is 3.23. The number of aromatic nitrogens is 2. The summed E-state index contributed by atoms with van der Waals surface area (Å²) in [5.41, 5.74) is 2.25. The molecule has 4 heteroatoms. The zero-order chi connectivity index (χ0) is 12.6. The van der Waals surface area contributed by atoms with Crippen LogP contribution in [0, 0.1) is 18.8 Å². The zero-order valence-electron chi connectivity index (χ0n) is 11.2. The summed E-state index contributed by atoms with van der Waals surface area (Å²) in [5.74, 6) is 1.57. The van der Waals surface area contributed by atoms with Crippen LogP contribution in [0.1, 0.15) is 31.5 Å². The standard InChI is InChI=1S/C13H22ClN3/c1-9-5-10(2)7-17(6-9)8-12-11(3)15-16(4)13(12)14/h9-10H,5-8H2,1-4H3. The van der Waals surface area contributed by atoms with Gasteiger partial charge in [-0.2, -0.15) is 5.10 Å². The van der Waals surface area contributed by atoms with Gasteiger partial charge >= 0.3 is 0 Å². The fraction of sp³-hybridized carbons (Fsp3) is 0.769. The first kappa shape index (κ1) is 12.9. The highest BCUT2D eigenvalue weighted by molar-refractivity contribution is 6.30. The van der Waals surface area contributed by atoms with Crippen LogP contribution in [0.2, 0.25) is 5.15 Å². The summed E-state index contributed by atoms with van der Waals surface area (Å²) in [7, 11) is 1.90. The Morgan fingerprint density at radius 1 is 1.29 bits per heavy atom. The highest BCUT2D eigenvalue weighted by Crippen LogP contribution is 2.26. The number of rotatable bonds is 2.